The molecule has 0 bridgehead atoms. The summed E-state index contributed by atoms with van der Waals surface area (Å²) in [6.07, 6.45) is 2.39. The second-order valence-electron chi connectivity index (χ2n) is 5.40. The molecule has 0 atom stereocenters. The number of nitrogens with zero attached hydrogens (tertiary/aromatic N) is 3. The van der Waals surface area contributed by atoms with Gasteiger partial charge in [-0.05, 0) is 38.0 Å². The largest absolute Gasteiger partial charge is 0.351 e. The minimum absolute atomic E-state index is 0.188. The van der Waals surface area contributed by atoms with E-state index in [-0.39, 0.29) is 11.7 Å². The van der Waals surface area contributed by atoms with Crippen LogP contribution < -0.4 is 5.32 Å². The number of nitrogens with one attached hydrogen (secondary N) is 1. The molecular weight excluding hydrogens is 292 g/mol. The predicted molar refractivity (Wildman–Crippen MR) is 86.9 cm³/mol. The van der Waals surface area contributed by atoms with E-state index in [9.17, 15) is 4.79 Å². The molecular formula is C17H18N4O2. The van der Waals surface area contributed by atoms with Crippen molar-refractivity contribution in [2.45, 2.75) is 27.2 Å². The van der Waals surface area contributed by atoms with Crippen LogP contribution >= 0.6 is 0 Å². The van der Waals surface area contributed by atoms with Crippen LogP contribution in [0.2, 0.25) is 0 Å². The molecule has 0 saturated heterocycles. The topological polar surface area (TPSA) is 73.0 Å². The second kappa shape index (κ2) is 6.08. The fraction of sp³-hybridized carbons (Fsp3) is 0.235. The highest BCUT2D eigenvalue weighted by Crippen LogP contribution is 2.21. The average Bonchev–Trinajstić information content (AvgIpc) is 3.13. The van der Waals surface area contributed by atoms with Crippen LogP contribution in [0.25, 0.3) is 5.69 Å². The van der Waals surface area contributed by atoms with Crippen LogP contribution in [0.5, 0.6) is 0 Å². The highest BCUT2D eigenvalue weighted by Gasteiger charge is 2.17. The van der Waals surface area contributed by atoms with Crippen molar-refractivity contribution in [3.63, 3.8) is 0 Å². The van der Waals surface area contributed by atoms with E-state index >= 15 is 0 Å². The Morgan fingerprint density at radius 3 is 2.78 bits per heavy atom. The van der Waals surface area contributed by atoms with Crippen molar-refractivity contribution in [1.29, 1.82) is 0 Å². The lowest BCUT2D eigenvalue weighted by atomic mass is 10.2. The van der Waals surface area contributed by atoms with Gasteiger partial charge in [-0.1, -0.05) is 24.2 Å². The lowest BCUT2D eigenvalue weighted by molar-refractivity contribution is 0.0987. The molecule has 6 heteroatoms. The summed E-state index contributed by atoms with van der Waals surface area (Å²) in [6.45, 7) is 5.83. The summed E-state index contributed by atoms with van der Waals surface area (Å²) in [5.41, 5.74) is 4.40. The third-order valence-electron chi connectivity index (χ3n) is 3.55. The van der Waals surface area contributed by atoms with E-state index in [1.165, 1.54) is 0 Å². The van der Waals surface area contributed by atoms with Crippen LogP contribution in [0.15, 0.2) is 41.1 Å². The number of amides is 1. The van der Waals surface area contributed by atoms with Crippen molar-refractivity contribution in [2.24, 2.45) is 0 Å². The number of hydrogen-bond donors (Lipinski definition) is 1. The molecule has 2 heterocycles. The van der Waals surface area contributed by atoms with Crippen molar-refractivity contribution >= 4 is 11.6 Å². The lowest BCUT2D eigenvalue weighted by Gasteiger charge is -2.09. The van der Waals surface area contributed by atoms with Crippen molar-refractivity contribution in [1.82, 2.24) is 14.9 Å². The van der Waals surface area contributed by atoms with E-state index in [1.807, 2.05) is 36.7 Å². The molecule has 0 aliphatic heterocycles. The molecule has 3 aromatic rings. The Bertz CT molecular complexity index is 848. The fourth-order valence-corrected chi connectivity index (χ4v) is 2.46. The molecule has 0 unspecified atom stereocenters. The van der Waals surface area contributed by atoms with E-state index < -0.39 is 0 Å². The highest BCUT2D eigenvalue weighted by molar-refractivity contribution is 6.02. The summed E-state index contributed by atoms with van der Waals surface area (Å²) in [4.78, 5) is 12.2. The Hall–Kier alpha value is -2.89. The summed E-state index contributed by atoms with van der Waals surface area (Å²) in [7, 11) is 0. The maximum atomic E-state index is 12.2. The summed E-state index contributed by atoms with van der Waals surface area (Å²) < 4.78 is 6.83. The van der Waals surface area contributed by atoms with Gasteiger partial charge in [0.25, 0.3) is 5.91 Å². The maximum Gasteiger partial charge on any atom is 0.294 e. The van der Waals surface area contributed by atoms with Crippen molar-refractivity contribution in [2.75, 3.05) is 5.32 Å². The zero-order chi connectivity index (χ0) is 16.4. The number of carbonyl (C=O) groups is 1. The van der Waals surface area contributed by atoms with Gasteiger partial charge in [-0.15, -0.1) is 0 Å². The number of benzene rings is 1. The number of carbonyl (C=O) groups excluding carboxylic acids is 1. The molecule has 0 fully saturated rings. The normalized spacial score (nSPS) is 10.7. The number of rotatable bonds is 4. The van der Waals surface area contributed by atoms with E-state index in [4.69, 9.17) is 4.52 Å². The first kappa shape index (κ1) is 15.0. The van der Waals surface area contributed by atoms with Gasteiger partial charge >= 0.3 is 0 Å². The maximum absolute atomic E-state index is 12.2. The van der Waals surface area contributed by atoms with E-state index in [0.717, 1.165) is 23.4 Å². The smallest absolute Gasteiger partial charge is 0.294 e. The molecule has 1 N–H and O–H groups in total. The van der Waals surface area contributed by atoms with Gasteiger partial charge in [-0.2, -0.15) is 5.10 Å². The van der Waals surface area contributed by atoms with Crippen LogP contribution in [0.4, 0.5) is 5.69 Å². The van der Waals surface area contributed by atoms with Gasteiger partial charge < -0.3 is 9.84 Å². The molecule has 23 heavy (non-hydrogen) atoms. The first-order valence-corrected chi connectivity index (χ1v) is 7.47. The molecule has 1 aromatic carbocycles. The van der Waals surface area contributed by atoms with Crippen LogP contribution in [0.1, 0.15) is 34.4 Å². The molecule has 0 radical (unpaired) electrons. The zero-order valence-electron chi connectivity index (χ0n) is 13.3. The van der Waals surface area contributed by atoms with Crippen molar-refractivity contribution in [3.05, 3.63) is 59.2 Å². The number of anilines is 1. The molecule has 6 nitrogen and oxygen atoms in total. The Morgan fingerprint density at radius 2 is 2.13 bits per heavy atom. The zero-order valence-corrected chi connectivity index (χ0v) is 13.3. The predicted octanol–water partition coefficient (Wildman–Crippen LogP) is 3.29. The third-order valence-corrected chi connectivity index (χ3v) is 3.55. The van der Waals surface area contributed by atoms with Crippen LogP contribution in [-0.4, -0.2) is 20.8 Å². The number of aromatic nitrogens is 3. The summed E-state index contributed by atoms with van der Waals surface area (Å²) in [5.74, 6) is -0.142. The monoisotopic (exact) mass is 310 g/mol. The van der Waals surface area contributed by atoms with Gasteiger partial charge in [0.1, 0.15) is 0 Å². The average molecular weight is 310 g/mol. The van der Waals surface area contributed by atoms with Gasteiger partial charge in [0, 0.05) is 6.07 Å². The minimum atomic E-state index is -0.330. The van der Waals surface area contributed by atoms with Crippen LogP contribution in [0.3, 0.4) is 0 Å². The first-order chi connectivity index (χ1) is 11.1. The SMILES string of the molecule is CCc1c(NC(=O)c2cc(C)no2)cnn1-c1cccc(C)c1. The van der Waals surface area contributed by atoms with E-state index in [2.05, 4.69) is 21.6 Å². The highest BCUT2D eigenvalue weighted by atomic mass is 16.5. The van der Waals surface area contributed by atoms with Gasteiger partial charge in [0.05, 0.1) is 29.0 Å². The van der Waals surface area contributed by atoms with Crippen LogP contribution in [-0.2, 0) is 6.42 Å². The molecule has 118 valence electrons. The molecule has 0 aliphatic rings. The molecule has 1 amide bonds. The number of hydrogen-bond acceptors (Lipinski definition) is 4. The van der Waals surface area contributed by atoms with Gasteiger partial charge in [-0.3, -0.25) is 4.79 Å². The summed E-state index contributed by atoms with van der Waals surface area (Å²) in [6, 6.07) is 9.67. The second-order valence-corrected chi connectivity index (χ2v) is 5.40. The fourth-order valence-electron chi connectivity index (χ4n) is 2.46. The molecule has 2 aromatic heterocycles. The van der Waals surface area contributed by atoms with Crippen LogP contribution in [0, 0.1) is 13.8 Å². The quantitative estimate of drug-likeness (QED) is 0.802. The Labute approximate surface area is 134 Å². The Kier molecular flexibility index (Phi) is 3.97. The Balaban J connectivity index is 1.91. The molecule has 0 saturated carbocycles. The molecule has 0 spiro atoms. The lowest BCUT2D eigenvalue weighted by Crippen LogP contribution is -2.12. The van der Waals surface area contributed by atoms with Gasteiger partial charge in [-0.25, -0.2) is 4.68 Å². The van der Waals surface area contributed by atoms with E-state index in [0.29, 0.717) is 11.4 Å². The molecule has 0 aliphatic carbocycles. The Morgan fingerprint density at radius 1 is 1.30 bits per heavy atom. The minimum Gasteiger partial charge on any atom is -0.351 e. The van der Waals surface area contributed by atoms with E-state index in [1.54, 1.807) is 19.2 Å². The number of aryl methyl sites for hydroxylation is 2. The summed E-state index contributed by atoms with van der Waals surface area (Å²) >= 11 is 0. The third kappa shape index (κ3) is 3.01. The van der Waals surface area contributed by atoms with Crippen molar-refractivity contribution < 1.29 is 9.32 Å². The molecule has 3 rings (SSSR count). The summed E-state index contributed by atoms with van der Waals surface area (Å²) in [5, 5.41) is 11.0. The first-order valence-electron chi connectivity index (χ1n) is 7.47. The van der Waals surface area contributed by atoms with Gasteiger partial charge in [0.2, 0.25) is 5.76 Å². The van der Waals surface area contributed by atoms with Gasteiger partial charge in [0.15, 0.2) is 0 Å². The standard InChI is InChI=1S/C17H18N4O2/c1-4-15-14(19-17(22)16-9-12(3)20-23-16)10-18-21(15)13-7-5-6-11(2)8-13/h5-10H,4H2,1-3H3,(H,19,22). The van der Waals surface area contributed by atoms with Crippen molar-refractivity contribution in [3.8, 4) is 5.69 Å².